The van der Waals surface area contributed by atoms with Gasteiger partial charge in [0.05, 0.1) is 11.6 Å². The molecule has 2 heterocycles. The summed E-state index contributed by atoms with van der Waals surface area (Å²) in [4.78, 5) is 11.8. The van der Waals surface area contributed by atoms with Crippen molar-refractivity contribution in [1.29, 1.82) is 0 Å². The third kappa shape index (κ3) is 3.82. The van der Waals surface area contributed by atoms with Crippen molar-refractivity contribution in [3.63, 3.8) is 0 Å². The average Bonchev–Trinajstić information content (AvgIpc) is 2.71. The second-order valence-electron chi connectivity index (χ2n) is 4.90. The fourth-order valence-corrected chi connectivity index (χ4v) is 1.60. The Morgan fingerprint density at radius 1 is 1.35 bits per heavy atom. The van der Waals surface area contributed by atoms with Crippen molar-refractivity contribution in [3.05, 3.63) is 30.2 Å². The van der Waals surface area contributed by atoms with Gasteiger partial charge in [-0.15, -0.1) is 35.0 Å². The van der Waals surface area contributed by atoms with Crippen LogP contribution in [0.2, 0.25) is 0 Å². The van der Waals surface area contributed by atoms with Crippen molar-refractivity contribution in [2.45, 2.75) is 32.4 Å². The zero-order chi connectivity index (χ0) is 13.3. The maximum absolute atomic E-state index is 11.8. The topological polar surface area (TPSA) is 85.3 Å². The molecule has 0 spiro atoms. The number of hydrogen-bond acceptors (Lipinski definition) is 4. The molecule has 112 valence electrons. The summed E-state index contributed by atoms with van der Waals surface area (Å²) >= 11 is 0. The predicted octanol–water partition coefficient (Wildman–Crippen LogP) is 1.49. The fraction of sp³-hybridized carbons (Fsp3) is 0.417. The number of nitrogens with two attached hydrogens (primary N) is 1. The molecule has 2 aromatic heterocycles. The average molecular weight is 320 g/mol. The lowest BCUT2D eigenvalue weighted by Crippen LogP contribution is -2.49. The van der Waals surface area contributed by atoms with Crippen LogP contribution in [-0.2, 0) is 4.79 Å². The Morgan fingerprint density at radius 2 is 2.00 bits per heavy atom. The lowest BCUT2D eigenvalue weighted by Gasteiger charge is -2.20. The normalized spacial score (nSPS) is 12.2. The zero-order valence-corrected chi connectivity index (χ0v) is 13.2. The lowest BCUT2D eigenvalue weighted by atomic mass is 10.1. The van der Waals surface area contributed by atoms with E-state index in [9.17, 15) is 4.79 Å². The summed E-state index contributed by atoms with van der Waals surface area (Å²) in [5, 5.41) is 11.0. The van der Waals surface area contributed by atoms with Gasteiger partial charge < -0.3 is 11.1 Å². The van der Waals surface area contributed by atoms with Crippen LogP contribution in [0.4, 0.5) is 0 Å². The van der Waals surface area contributed by atoms with Gasteiger partial charge in [0.1, 0.15) is 0 Å². The Hall–Kier alpha value is -1.37. The largest absolute Gasteiger partial charge is 0.345 e. The van der Waals surface area contributed by atoms with Crippen LogP contribution in [0.25, 0.3) is 5.65 Å². The highest BCUT2D eigenvalue weighted by Gasteiger charge is 2.25. The molecule has 0 aliphatic carbocycles. The number of amides is 1. The molecule has 0 bridgehead atoms. The number of fused-ring (bicyclic) bond motifs is 1. The molecule has 1 amide bonds. The first-order valence-corrected chi connectivity index (χ1v) is 5.79. The monoisotopic (exact) mass is 319 g/mol. The van der Waals surface area contributed by atoms with Crippen molar-refractivity contribution in [2.75, 3.05) is 0 Å². The van der Waals surface area contributed by atoms with Gasteiger partial charge in [-0.05, 0) is 32.9 Å². The summed E-state index contributed by atoms with van der Waals surface area (Å²) in [6.45, 7) is 5.18. The van der Waals surface area contributed by atoms with E-state index in [1.165, 1.54) is 0 Å². The Labute approximate surface area is 130 Å². The summed E-state index contributed by atoms with van der Waals surface area (Å²) in [5.41, 5.74) is 5.58. The maximum Gasteiger partial charge on any atom is 0.240 e. The molecule has 6 nitrogen and oxygen atoms in total. The Kier molecular flexibility index (Phi) is 6.40. The molecular weight excluding hydrogens is 301 g/mol. The van der Waals surface area contributed by atoms with E-state index >= 15 is 0 Å². The number of nitrogens with zero attached hydrogens (tertiary/aromatic N) is 3. The molecule has 0 radical (unpaired) electrons. The number of halogens is 2. The SMILES string of the molecule is CC(NC(=O)C(C)(C)N)c1nnc2ccccn12.Cl.Cl. The molecular formula is C12H19Cl2N5O. The van der Waals surface area contributed by atoms with E-state index in [1.54, 1.807) is 13.8 Å². The minimum absolute atomic E-state index is 0. The highest BCUT2D eigenvalue weighted by molar-refractivity contribution is 5.86. The van der Waals surface area contributed by atoms with Crippen molar-refractivity contribution < 1.29 is 4.79 Å². The molecule has 3 N–H and O–H groups in total. The van der Waals surface area contributed by atoms with Crippen molar-refractivity contribution in [2.24, 2.45) is 5.73 Å². The van der Waals surface area contributed by atoms with E-state index in [-0.39, 0.29) is 36.8 Å². The molecule has 1 atom stereocenters. The van der Waals surface area contributed by atoms with Gasteiger partial charge in [-0.25, -0.2) is 0 Å². The molecule has 0 aliphatic rings. The van der Waals surface area contributed by atoms with E-state index in [4.69, 9.17) is 5.73 Å². The first kappa shape index (κ1) is 18.6. The van der Waals surface area contributed by atoms with E-state index < -0.39 is 5.54 Å². The third-order valence-electron chi connectivity index (χ3n) is 2.66. The second kappa shape index (κ2) is 6.88. The molecule has 2 rings (SSSR count). The number of hydrogen-bond donors (Lipinski definition) is 2. The number of aromatic nitrogens is 3. The Balaban J connectivity index is 0.00000180. The van der Waals surface area contributed by atoms with Crippen LogP contribution in [0.5, 0.6) is 0 Å². The van der Waals surface area contributed by atoms with Crippen LogP contribution < -0.4 is 11.1 Å². The molecule has 0 fully saturated rings. The smallest absolute Gasteiger partial charge is 0.240 e. The molecule has 20 heavy (non-hydrogen) atoms. The van der Waals surface area contributed by atoms with Crippen LogP contribution in [0.15, 0.2) is 24.4 Å². The van der Waals surface area contributed by atoms with Gasteiger partial charge in [0, 0.05) is 6.20 Å². The first-order valence-electron chi connectivity index (χ1n) is 5.79. The molecule has 1 unspecified atom stereocenters. The van der Waals surface area contributed by atoms with Gasteiger partial charge in [0.25, 0.3) is 0 Å². The molecule has 8 heteroatoms. The zero-order valence-electron chi connectivity index (χ0n) is 11.5. The maximum atomic E-state index is 11.8. The quantitative estimate of drug-likeness (QED) is 0.897. The van der Waals surface area contributed by atoms with E-state index in [0.717, 1.165) is 5.65 Å². The first-order chi connectivity index (χ1) is 8.39. The van der Waals surface area contributed by atoms with Gasteiger partial charge >= 0.3 is 0 Å². The molecule has 0 saturated heterocycles. The van der Waals surface area contributed by atoms with Gasteiger partial charge in [0.15, 0.2) is 11.5 Å². The second-order valence-corrected chi connectivity index (χ2v) is 4.90. The van der Waals surface area contributed by atoms with Crippen molar-refractivity contribution in [1.82, 2.24) is 19.9 Å². The van der Waals surface area contributed by atoms with Crippen molar-refractivity contribution in [3.8, 4) is 0 Å². The summed E-state index contributed by atoms with van der Waals surface area (Å²) in [7, 11) is 0. The van der Waals surface area contributed by atoms with Gasteiger partial charge in [0.2, 0.25) is 5.91 Å². The standard InChI is InChI=1S/C12H17N5O.2ClH/c1-8(14-11(18)12(2,3)13)10-16-15-9-6-4-5-7-17(9)10;;/h4-8H,13H2,1-3H3,(H,14,18);2*1H. The summed E-state index contributed by atoms with van der Waals surface area (Å²) in [6.07, 6.45) is 1.86. The number of nitrogens with one attached hydrogen (secondary N) is 1. The molecule has 0 aromatic carbocycles. The molecule has 0 saturated carbocycles. The highest BCUT2D eigenvalue weighted by Crippen LogP contribution is 2.12. The number of carbonyl (C=O) groups is 1. The van der Waals surface area contributed by atoms with Crippen LogP contribution in [0.3, 0.4) is 0 Å². The van der Waals surface area contributed by atoms with Gasteiger partial charge in [-0.3, -0.25) is 9.20 Å². The lowest BCUT2D eigenvalue weighted by molar-refractivity contribution is -0.125. The molecule has 0 aliphatic heterocycles. The van der Waals surface area contributed by atoms with E-state index in [2.05, 4.69) is 15.5 Å². The minimum atomic E-state index is -0.908. The van der Waals surface area contributed by atoms with Gasteiger partial charge in [-0.2, -0.15) is 0 Å². The fourth-order valence-electron chi connectivity index (χ4n) is 1.60. The van der Waals surface area contributed by atoms with Crippen LogP contribution >= 0.6 is 24.8 Å². The number of pyridine rings is 1. The minimum Gasteiger partial charge on any atom is -0.345 e. The number of rotatable bonds is 3. The Bertz CT molecular complexity index is 578. The number of carbonyl (C=O) groups excluding carboxylic acids is 1. The van der Waals surface area contributed by atoms with E-state index in [1.807, 2.05) is 35.7 Å². The summed E-state index contributed by atoms with van der Waals surface area (Å²) in [5.74, 6) is 0.464. The van der Waals surface area contributed by atoms with Crippen LogP contribution in [-0.4, -0.2) is 26.0 Å². The Morgan fingerprint density at radius 3 is 2.60 bits per heavy atom. The van der Waals surface area contributed by atoms with E-state index in [0.29, 0.717) is 5.82 Å². The summed E-state index contributed by atoms with van der Waals surface area (Å²) in [6, 6.07) is 5.39. The molecule has 2 aromatic rings. The van der Waals surface area contributed by atoms with Gasteiger partial charge in [-0.1, -0.05) is 6.07 Å². The third-order valence-corrected chi connectivity index (χ3v) is 2.66. The summed E-state index contributed by atoms with van der Waals surface area (Å²) < 4.78 is 1.84. The van der Waals surface area contributed by atoms with Crippen LogP contribution in [0.1, 0.15) is 32.6 Å². The van der Waals surface area contributed by atoms with Crippen LogP contribution in [0, 0.1) is 0 Å². The highest BCUT2D eigenvalue weighted by atomic mass is 35.5. The van der Waals surface area contributed by atoms with Crippen molar-refractivity contribution >= 4 is 36.4 Å². The predicted molar refractivity (Wildman–Crippen MR) is 82.3 cm³/mol.